The minimum absolute atomic E-state index is 0.254. The Morgan fingerprint density at radius 2 is 1.91 bits per heavy atom. The molecule has 0 unspecified atom stereocenters. The minimum Gasteiger partial charge on any atom is -0.426 e. The number of rotatable bonds is 5. The van der Waals surface area contributed by atoms with Crippen LogP contribution in [0.25, 0.3) is 22.4 Å². The van der Waals surface area contributed by atoms with Gasteiger partial charge in [-0.25, -0.2) is 9.78 Å². The first kappa shape index (κ1) is 21.0. The molecule has 1 saturated heterocycles. The fraction of sp³-hybridized carbons (Fsp3) is 0.174. The smallest absolute Gasteiger partial charge is 0.316 e. The second-order valence-electron chi connectivity index (χ2n) is 7.50. The maximum absolute atomic E-state index is 11.1. The normalized spacial score (nSPS) is 13.8. The monoisotopic (exact) mass is 464 g/mol. The number of carbonyl (C=O) groups is 1. The van der Waals surface area contributed by atoms with Gasteiger partial charge in [0.25, 0.3) is 0 Å². The van der Waals surface area contributed by atoms with E-state index < -0.39 is 6.03 Å². The highest BCUT2D eigenvalue weighted by Crippen LogP contribution is 2.32. The fourth-order valence-electron chi connectivity index (χ4n) is 3.69. The summed E-state index contributed by atoms with van der Waals surface area (Å²) >= 11 is 6.53. The Balaban J connectivity index is 1.38. The average molecular weight is 465 g/mol. The highest BCUT2D eigenvalue weighted by atomic mass is 35.5. The van der Waals surface area contributed by atoms with Gasteiger partial charge in [-0.15, -0.1) is 0 Å². The van der Waals surface area contributed by atoms with Crippen molar-refractivity contribution in [2.45, 2.75) is 0 Å². The van der Waals surface area contributed by atoms with Crippen molar-refractivity contribution >= 4 is 40.2 Å². The first-order valence-electron chi connectivity index (χ1n) is 10.4. The summed E-state index contributed by atoms with van der Waals surface area (Å²) in [5.74, 6) is 0.477. The highest BCUT2D eigenvalue weighted by molar-refractivity contribution is 6.33. The molecule has 4 N–H and O–H groups in total. The molecular formula is C23H21ClN6O3. The summed E-state index contributed by atoms with van der Waals surface area (Å²) in [6.07, 6.45) is 0. The summed E-state index contributed by atoms with van der Waals surface area (Å²) in [7, 11) is 0. The SMILES string of the molecule is NC(=O)Nc1cccc(Oc2nc3nc(-c4ccc(N5CCOCC5)cc4)c(Cl)cc3[nH]2)c1. The van der Waals surface area contributed by atoms with Gasteiger partial charge in [-0.3, -0.25) is 0 Å². The molecule has 3 heterocycles. The number of morpholine rings is 1. The molecule has 2 amide bonds. The molecule has 9 nitrogen and oxygen atoms in total. The van der Waals surface area contributed by atoms with Gasteiger partial charge in [-0.05, 0) is 30.3 Å². The molecule has 4 aromatic rings. The third kappa shape index (κ3) is 4.69. The number of H-pyrrole nitrogens is 1. The van der Waals surface area contributed by atoms with Gasteiger partial charge < -0.3 is 30.4 Å². The number of nitrogens with two attached hydrogens (primary N) is 1. The molecule has 0 spiro atoms. The summed E-state index contributed by atoms with van der Waals surface area (Å²) in [5.41, 5.74) is 9.49. The summed E-state index contributed by atoms with van der Waals surface area (Å²) in [5, 5.41) is 3.01. The maximum Gasteiger partial charge on any atom is 0.316 e. The third-order valence-corrected chi connectivity index (χ3v) is 5.53. The summed E-state index contributed by atoms with van der Waals surface area (Å²) < 4.78 is 11.2. The number of aromatic nitrogens is 3. The zero-order valence-electron chi connectivity index (χ0n) is 17.5. The lowest BCUT2D eigenvalue weighted by molar-refractivity contribution is 0.122. The van der Waals surface area contributed by atoms with Crippen molar-refractivity contribution in [3.63, 3.8) is 0 Å². The van der Waals surface area contributed by atoms with Crippen LogP contribution in [0, 0.1) is 0 Å². The van der Waals surface area contributed by atoms with Crippen molar-refractivity contribution in [1.29, 1.82) is 0 Å². The van der Waals surface area contributed by atoms with Crippen molar-refractivity contribution in [2.24, 2.45) is 5.73 Å². The van der Waals surface area contributed by atoms with Gasteiger partial charge in [0.2, 0.25) is 0 Å². The Bertz CT molecular complexity index is 1300. The number of nitrogens with zero attached hydrogens (tertiary/aromatic N) is 3. The molecule has 0 atom stereocenters. The molecule has 10 heteroatoms. The van der Waals surface area contributed by atoms with Crippen molar-refractivity contribution in [3.8, 4) is 23.0 Å². The molecule has 168 valence electrons. The number of primary amides is 1. The number of anilines is 2. The Morgan fingerprint density at radius 1 is 1.12 bits per heavy atom. The molecule has 1 aliphatic heterocycles. The molecule has 33 heavy (non-hydrogen) atoms. The summed E-state index contributed by atoms with van der Waals surface area (Å²) in [6.45, 7) is 3.23. The van der Waals surface area contributed by atoms with E-state index >= 15 is 0 Å². The predicted molar refractivity (Wildman–Crippen MR) is 127 cm³/mol. The van der Waals surface area contributed by atoms with Crippen LogP contribution < -0.4 is 20.7 Å². The van der Waals surface area contributed by atoms with Gasteiger partial charge >= 0.3 is 12.0 Å². The first-order valence-corrected chi connectivity index (χ1v) is 10.8. The predicted octanol–water partition coefficient (Wildman–Crippen LogP) is 4.40. The molecule has 2 aromatic heterocycles. The minimum atomic E-state index is -0.653. The first-order chi connectivity index (χ1) is 16.0. The Hall–Kier alpha value is -3.82. The number of ether oxygens (including phenoxy) is 2. The van der Waals surface area contributed by atoms with Crippen molar-refractivity contribution in [3.05, 3.63) is 59.6 Å². The number of benzene rings is 2. The molecule has 0 bridgehead atoms. The number of pyridine rings is 1. The second kappa shape index (κ2) is 8.97. The quantitative estimate of drug-likeness (QED) is 0.403. The number of carbonyl (C=O) groups excluding carboxylic acids is 1. The largest absolute Gasteiger partial charge is 0.426 e. The second-order valence-corrected chi connectivity index (χ2v) is 7.90. The van der Waals surface area contributed by atoms with E-state index in [-0.39, 0.29) is 6.01 Å². The topological polar surface area (TPSA) is 118 Å². The summed E-state index contributed by atoms with van der Waals surface area (Å²) in [4.78, 5) is 25.5. The number of hydrogen-bond donors (Lipinski definition) is 3. The van der Waals surface area contributed by atoms with E-state index in [1.807, 2.05) is 12.1 Å². The number of nitrogens with one attached hydrogen (secondary N) is 2. The standard InChI is InChI=1S/C23H21ClN6O3/c24-18-13-19-21(29-23(27-19)33-17-3-1-2-15(12-17)26-22(25)31)28-20(18)14-4-6-16(7-5-14)30-8-10-32-11-9-30/h1-7,12-13H,8-11H2,(H3,25,26,31)(H,27,28,29). The van der Waals surface area contributed by atoms with Crippen LogP contribution in [0.1, 0.15) is 0 Å². The summed E-state index contributed by atoms with van der Waals surface area (Å²) in [6, 6.07) is 16.3. The molecule has 2 aromatic carbocycles. The number of imidazole rings is 1. The fourth-order valence-corrected chi connectivity index (χ4v) is 3.95. The lowest BCUT2D eigenvalue weighted by atomic mass is 10.1. The van der Waals surface area contributed by atoms with Gasteiger partial charge in [0.1, 0.15) is 5.75 Å². The molecule has 1 aliphatic rings. The van der Waals surface area contributed by atoms with Crippen LogP contribution in [0.15, 0.2) is 54.6 Å². The van der Waals surface area contributed by atoms with E-state index in [2.05, 4.69) is 37.3 Å². The Morgan fingerprint density at radius 3 is 2.67 bits per heavy atom. The van der Waals surface area contributed by atoms with Gasteiger partial charge in [0.15, 0.2) is 5.65 Å². The van der Waals surface area contributed by atoms with E-state index in [4.69, 9.17) is 26.8 Å². The van der Waals surface area contributed by atoms with Crippen LogP contribution in [-0.4, -0.2) is 47.3 Å². The Labute approximate surface area is 194 Å². The van der Waals surface area contributed by atoms with Crippen LogP contribution in [0.3, 0.4) is 0 Å². The average Bonchev–Trinajstić information content (AvgIpc) is 3.20. The number of amides is 2. The van der Waals surface area contributed by atoms with Crippen molar-refractivity contribution in [1.82, 2.24) is 15.0 Å². The van der Waals surface area contributed by atoms with Gasteiger partial charge in [-0.1, -0.05) is 29.8 Å². The maximum atomic E-state index is 11.1. The number of urea groups is 1. The zero-order valence-corrected chi connectivity index (χ0v) is 18.3. The van der Waals surface area contributed by atoms with Crippen LogP contribution >= 0.6 is 11.6 Å². The molecule has 1 fully saturated rings. The lowest BCUT2D eigenvalue weighted by Crippen LogP contribution is -2.36. The molecule has 0 radical (unpaired) electrons. The zero-order chi connectivity index (χ0) is 22.8. The van der Waals surface area contributed by atoms with E-state index in [9.17, 15) is 4.79 Å². The van der Waals surface area contributed by atoms with Crippen molar-refractivity contribution < 1.29 is 14.3 Å². The van der Waals surface area contributed by atoms with E-state index in [1.54, 1.807) is 30.3 Å². The van der Waals surface area contributed by atoms with Crippen molar-refractivity contribution in [2.75, 3.05) is 36.5 Å². The van der Waals surface area contributed by atoms with E-state index in [1.165, 1.54) is 0 Å². The number of aromatic amines is 1. The molecule has 5 rings (SSSR count). The van der Waals surface area contributed by atoms with Crippen LogP contribution in [0.5, 0.6) is 11.8 Å². The van der Waals surface area contributed by atoms with Gasteiger partial charge in [0.05, 0.1) is 29.4 Å². The van der Waals surface area contributed by atoms with Crippen LogP contribution in [-0.2, 0) is 4.74 Å². The third-order valence-electron chi connectivity index (χ3n) is 5.24. The molecular weight excluding hydrogens is 444 g/mol. The van der Waals surface area contributed by atoms with Crippen LogP contribution in [0.4, 0.5) is 16.2 Å². The van der Waals surface area contributed by atoms with Gasteiger partial charge in [0, 0.05) is 36.1 Å². The number of hydrogen-bond acceptors (Lipinski definition) is 6. The Kier molecular flexibility index (Phi) is 5.72. The van der Waals surface area contributed by atoms with Crippen LogP contribution in [0.2, 0.25) is 5.02 Å². The molecule has 0 aliphatic carbocycles. The lowest BCUT2D eigenvalue weighted by Gasteiger charge is -2.28. The van der Waals surface area contributed by atoms with E-state index in [0.29, 0.717) is 33.3 Å². The molecule has 0 saturated carbocycles. The highest BCUT2D eigenvalue weighted by Gasteiger charge is 2.15. The number of fused-ring (bicyclic) bond motifs is 1. The van der Waals surface area contributed by atoms with E-state index in [0.717, 1.165) is 37.6 Å². The number of halogens is 1. The van der Waals surface area contributed by atoms with Gasteiger partial charge in [-0.2, -0.15) is 4.98 Å².